The van der Waals surface area contributed by atoms with E-state index in [-0.39, 0.29) is 0 Å². The fourth-order valence-electron chi connectivity index (χ4n) is 2.93. The molecule has 0 saturated heterocycles. The summed E-state index contributed by atoms with van der Waals surface area (Å²) in [6, 6.07) is 10.7. The van der Waals surface area contributed by atoms with Gasteiger partial charge in [0.15, 0.2) is 0 Å². The molecule has 3 atom stereocenters. The molecule has 106 valence electrons. The first-order valence-electron chi connectivity index (χ1n) is 7.45. The Hall–Kier alpha value is -0.670. The second-order valence-corrected chi connectivity index (χ2v) is 7.01. The van der Waals surface area contributed by atoms with Crippen molar-refractivity contribution in [3.8, 4) is 0 Å². The summed E-state index contributed by atoms with van der Waals surface area (Å²) in [6.07, 6.45) is 6.08. The Morgan fingerprint density at radius 3 is 2.63 bits per heavy atom. The zero-order chi connectivity index (χ0) is 13.5. The van der Waals surface area contributed by atoms with E-state index < -0.39 is 10.8 Å². The molecule has 1 aromatic carbocycles. The highest BCUT2D eigenvalue weighted by Gasteiger charge is 2.27. The third kappa shape index (κ3) is 4.43. The van der Waals surface area contributed by atoms with Gasteiger partial charge in [0.25, 0.3) is 0 Å². The van der Waals surface area contributed by atoms with Crippen LogP contribution in [0.1, 0.15) is 44.6 Å². The molecule has 19 heavy (non-hydrogen) atoms. The molecule has 0 heterocycles. The standard InChI is InChI=1S/C16H25NOS/c1-2-17-15-11-7-4-8-12-16(15)19(18)13-14-9-5-3-6-10-14/h3,5-6,9-10,15-17H,2,4,7-8,11-13H2,1H3. The second-order valence-electron chi connectivity index (χ2n) is 5.35. The van der Waals surface area contributed by atoms with Crippen molar-refractivity contribution in [2.45, 2.75) is 56.1 Å². The summed E-state index contributed by atoms with van der Waals surface area (Å²) in [5.41, 5.74) is 1.19. The molecule has 0 radical (unpaired) electrons. The van der Waals surface area contributed by atoms with Crippen molar-refractivity contribution in [1.82, 2.24) is 5.32 Å². The van der Waals surface area contributed by atoms with Gasteiger partial charge >= 0.3 is 0 Å². The van der Waals surface area contributed by atoms with Crippen molar-refractivity contribution in [2.24, 2.45) is 0 Å². The fraction of sp³-hybridized carbons (Fsp3) is 0.625. The summed E-state index contributed by atoms with van der Waals surface area (Å²) in [5, 5.41) is 3.87. The second kappa shape index (κ2) is 7.81. The Labute approximate surface area is 119 Å². The highest BCUT2D eigenvalue weighted by molar-refractivity contribution is 7.84. The Morgan fingerprint density at radius 2 is 1.89 bits per heavy atom. The largest absolute Gasteiger partial charge is 0.313 e. The molecule has 1 N–H and O–H groups in total. The van der Waals surface area contributed by atoms with E-state index in [0.717, 1.165) is 13.0 Å². The van der Waals surface area contributed by atoms with Gasteiger partial charge in [-0.05, 0) is 24.9 Å². The minimum atomic E-state index is -0.763. The average molecular weight is 279 g/mol. The minimum absolute atomic E-state index is 0.322. The van der Waals surface area contributed by atoms with Crippen LogP contribution < -0.4 is 5.32 Å². The third-order valence-electron chi connectivity index (χ3n) is 3.91. The smallest absolute Gasteiger partial charge is 0.0504 e. The van der Waals surface area contributed by atoms with Crippen LogP contribution in [-0.2, 0) is 16.6 Å². The monoisotopic (exact) mass is 279 g/mol. The van der Waals surface area contributed by atoms with Crippen LogP contribution in [0.4, 0.5) is 0 Å². The van der Waals surface area contributed by atoms with Gasteiger partial charge in [-0.25, -0.2) is 0 Å². The maximum atomic E-state index is 12.7. The van der Waals surface area contributed by atoms with E-state index in [4.69, 9.17) is 0 Å². The molecular formula is C16H25NOS. The topological polar surface area (TPSA) is 29.1 Å². The maximum Gasteiger partial charge on any atom is 0.0504 e. The molecule has 1 aliphatic carbocycles. The highest BCUT2D eigenvalue weighted by Crippen LogP contribution is 2.23. The van der Waals surface area contributed by atoms with Gasteiger partial charge in [0.05, 0.1) is 5.25 Å². The van der Waals surface area contributed by atoms with Gasteiger partial charge in [-0.1, -0.05) is 56.5 Å². The molecule has 0 aromatic heterocycles. The summed E-state index contributed by atoms with van der Waals surface area (Å²) < 4.78 is 12.7. The lowest BCUT2D eigenvalue weighted by atomic mass is 10.1. The van der Waals surface area contributed by atoms with Gasteiger partial charge in [-0.15, -0.1) is 0 Å². The van der Waals surface area contributed by atoms with Gasteiger partial charge in [0.2, 0.25) is 0 Å². The third-order valence-corrected chi connectivity index (χ3v) is 5.77. The van der Waals surface area contributed by atoms with Crippen LogP contribution in [0.25, 0.3) is 0 Å². The number of benzene rings is 1. The number of hydrogen-bond acceptors (Lipinski definition) is 2. The zero-order valence-corrected chi connectivity index (χ0v) is 12.6. The van der Waals surface area contributed by atoms with Gasteiger partial charge in [0, 0.05) is 22.6 Å². The molecule has 1 fully saturated rings. The van der Waals surface area contributed by atoms with E-state index >= 15 is 0 Å². The van der Waals surface area contributed by atoms with Crippen molar-refractivity contribution < 1.29 is 4.21 Å². The Morgan fingerprint density at radius 1 is 1.16 bits per heavy atom. The Balaban J connectivity index is 2.01. The van der Waals surface area contributed by atoms with Crippen molar-refractivity contribution in [3.63, 3.8) is 0 Å². The van der Waals surface area contributed by atoms with Crippen LogP contribution >= 0.6 is 0 Å². The summed E-state index contributed by atoms with van der Waals surface area (Å²) in [7, 11) is -0.763. The molecule has 3 unspecified atom stereocenters. The van der Waals surface area contributed by atoms with Crippen molar-refractivity contribution >= 4 is 10.8 Å². The van der Waals surface area contributed by atoms with Crippen LogP contribution in [0.15, 0.2) is 30.3 Å². The van der Waals surface area contributed by atoms with E-state index in [1.54, 1.807) is 0 Å². The van der Waals surface area contributed by atoms with E-state index in [1.165, 1.54) is 31.2 Å². The SMILES string of the molecule is CCNC1CCCCCC1S(=O)Cc1ccccc1. The molecule has 3 heteroatoms. The van der Waals surface area contributed by atoms with Crippen LogP contribution in [0.3, 0.4) is 0 Å². The molecule has 0 aliphatic heterocycles. The number of rotatable bonds is 5. The molecule has 1 saturated carbocycles. The summed E-state index contributed by atoms with van der Waals surface area (Å²) in [4.78, 5) is 0. The molecule has 1 aliphatic rings. The summed E-state index contributed by atoms with van der Waals surface area (Å²) >= 11 is 0. The van der Waals surface area contributed by atoms with Crippen LogP contribution in [0, 0.1) is 0 Å². The van der Waals surface area contributed by atoms with E-state index in [1.807, 2.05) is 18.2 Å². The fourth-order valence-corrected chi connectivity index (χ4v) is 4.69. The quantitative estimate of drug-likeness (QED) is 0.838. The normalized spacial score (nSPS) is 25.7. The Kier molecular flexibility index (Phi) is 6.05. The number of nitrogens with one attached hydrogen (secondary N) is 1. The van der Waals surface area contributed by atoms with E-state index in [9.17, 15) is 4.21 Å². The number of hydrogen-bond donors (Lipinski definition) is 1. The summed E-state index contributed by atoms with van der Waals surface area (Å²) in [5.74, 6) is 0.702. The van der Waals surface area contributed by atoms with Gasteiger partial charge in [-0.3, -0.25) is 4.21 Å². The predicted octanol–water partition coefficient (Wildman–Crippen LogP) is 3.25. The van der Waals surface area contributed by atoms with Gasteiger partial charge < -0.3 is 5.32 Å². The maximum absolute atomic E-state index is 12.7. The lowest BCUT2D eigenvalue weighted by molar-refractivity contribution is 0.474. The van der Waals surface area contributed by atoms with Gasteiger partial charge in [0.1, 0.15) is 0 Å². The first-order valence-corrected chi connectivity index (χ1v) is 8.84. The first kappa shape index (κ1) is 14.7. The van der Waals surface area contributed by atoms with E-state index in [2.05, 4.69) is 24.4 Å². The zero-order valence-electron chi connectivity index (χ0n) is 11.8. The van der Waals surface area contributed by atoms with Crippen molar-refractivity contribution in [3.05, 3.63) is 35.9 Å². The molecule has 0 spiro atoms. The van der Waals surface area contributed by atoms with Crippen molar-refractivity contribution in [1.29, 1.82) is 0 Å². The lowest BCUT2D eigenvalue weighted by Gasteiger charge is -2.25. The Bertz CT molecular complexity index is 393. The average Bonchev–Trinajstić information content (AvgIpc) is 2.66. The minimum Gasteiger partial charge on any atom is -0.313 e. The molecule has 0 amide bonds. The summed E-state index contributed by atoms with van der Waals surface area (Å²) in [6.45, 7) is 3.12. The molecule has 2 rings (SSSR count). The van der Waals surface area contributed by atoms with Crippen LogP contribution in [0.2, 0.25) is 0 Å². The first-order chi connectivity index (χ1) is 9.31. The van der Waals surface area contributed by atoms with Crippen molar-refractivity contribution in [2.75, 3.05) is 6.54 Å². The predicted molar refractivity (Wildman–Crippen MR) is 82.6 cm³/mol. The lowest BCUT2D eigenvalue weighted by Crippen LogP contribution is -2.41. The molecule has 1 aromatic rings. The van der Waals surface area contributed by atoms with Crippen LogP contribution in [-0.4, -0.2) is 22.0 Å². The highest BCUT2D eigenvalue weighted by atomic mass is 32.2. The molecule has 2 nitrogen and oxygen atoms in total. The van der Waals surface area contributed by atoms with Crippen LogP contribution in [0.5, 0.6) is 0 Å². The molecule has 0 bridgehead atoms. The van der Waals surface area contributed by atoms with Gasteiger partial charge in [-0.2, -0.15) is 0 Å². The van der Waals surface area contributed by atoms with E-state index in [0.29, 0.717) is 17.0 Å². The molecular weight excluding hydrogens is 254 g/mol.